The average Bonchev–Trinajstić information content (AvgIpc) is 2.79. The fraction of sp³-hybridized carbons (Fsp3) is 0.733. The number of hydrogen-bond acceptors (Lipinski definition) is 4. The van der Waals surface area contributed by atoms with Crippen LogP contribution in [0.25, 0.3) is 0 Å². The van der Waals surface area contributed by atoms with E-state index in [0.717, 1.165) is 27.6 Å². The van der Waals surface area contributed by atoms with Crippen molar-refractivity contribution in [1.82, 2.24) is 4.98 Å². The van der Waals surface area contributed by atoms with Crippen LogP contribution in [0.15, 0.2) is 3.92 Å². The van der Waals surface area contributed by atoms with Crippen LogP contribution in [0.5, 0.6) is 0 Å². The number of nitrogens with zero attached hydrogens (tertiary/aromatic N) is 1. The third-order valence-corrected chi connectivity index (χ3v) is 6.00. The Kier molecular flexibility index (Phi) is 4.90. The van der Waals surface area contributed by atoms with Crippen LogP contribution >= 0.6 is 27.3 Å². The molecule has 0 unspecified atom stereocenters. The highest BCUT2D eigenvalue weighted by atomic mass is 79.9. The van der Waals surface area contributed by atoms with E-state index in [4.69, 9.17) is 4.74 Å². The lowest BCUT2D eigenvalue weighted by Gasteiger charge is -2.36. The molecule has 1 aromatic heterocycles. The number of methoxy groups -OCH3 is 1. The molecule has 3 nitrogen and oxygen atoms in total. The Balaban J connectivity index is 2.13. The number of hydrogen-bond donors (Lipinski definition) is 0. The van der Waals surface area contributed by atoms with Gasteiger partial charge in [-0.1, -0.05) is 20.8 Å². The lowest BCUT2D eigenvalue weighted by atomic mass is 9.69. The first kappa shape index (κ1) is 16.0. The summed E-state index contributed by atoms with van der Waals surface area (Å²) in [5, 5.41) is 0. The number of carbonyl (C=O) groups is 1. The summed E-state index contributed by atoms with van der Waals surface area (Å²) >= 11 is 4.97. The maximum atomic E-state index is 11.8. The van der Waals surface area contributed by atoms with Gasteiger partial charge in [0.25, 0.3) is 0 Å². The Morgan fingerprint density at radius 3 is 2.40 bits per heavy atom. The second-order valence-corrected chi connectivity index (χ2v) is 8.89. The molecule has 0 aliphatic heterocycles. The summed E-state index contributed by atoms with van der Waals surface area (Å²) in [7, 11) is 1.41. The van der Waals surface area contributed by atoms with Crippen molar-refractivity contribution in [2.75, 3.05) is 7.11 Å². The number of rotatable bonds is 2. The lowest BCUT2D eigenvalue weighted by Crippen LogP contribution is -2.25. The van der Waals surface area contributed by atoms with Crippen LogP contribution in [-0.4, -0.2) is 18.1 Å². The zero-order valence-corrected chi connectivity index (χ0v) is 14.9. The molecule has 1 heterocycles. The number of thiazole rings is 1. The molecule has 1 aliphatic carbocycles. The number of carbonyl (C=O) groups excluding carboxylic acids is 1. The van der Waals surface area contributed by atoms with Gasteiger partial charge in [0.05, 0.1) is 7.11 Å². The van der Waals surface area contributed by atoms with E-state index >= 15 is 0 Å². The molecule has 1 aromatic rings. The van der Waals surface area contributed by atoms with Crippen molar-refractivity contribution in [3.8, 4) is 0 Å². The van der Waals surface area contributed by atoms with Crippen molar-refractivity contribution in [3.05, 3.63) is 14.5 Å². The summed E-state index contributed by atoms with van der Waals surface area (Å²) in [6.45, 7) is 6.96. The SMILES string of the molecule is COC(=O)c1nc(Br)sc1C1CCC(C(C)(C)C)CC1. The van der Waals surface area contributed by atoms with Gasteiger partial charge in [-0.15, -0.1) is 11.3 Å². The second-order valence-electron chi connectivity index (χ2n) is 6.59. The molecular formula is C15H22BrNO2S. The highest BCUT2D eigenvalue weighted by molar-refractivity contribution is 9.11. The van der Waals surface area contributed by atoms with Crippen molar-refractivity contribution in [2.24, 2.45) is 11.3 Å². The van der Waals surface area contributed by atoms with E-state index in [2.05, 4.69) is 41.7 Å². The van der Waals surface area contributed by atoms with Crippen LogP contribution in [0.3, 0.4) is 0 Å². The first-order valence-electron chi connectivity index (χ1n) is 7.07. The smallest absolute Gasteiger partial charge is 0.357 e. The quantitative estimate of drug-likeness (QED) is 0.696. The van der Waals surface area contributed by atoms with Gasteiger partial charge in [-0.2, -0.15) is 0 Å². The van der Waals surface area contributed by atoms with Gasteiger partial charge >= 0.3 is 5.97 Å². The van der Waals surface area contributed by atoms with Gasteiger partial charge in [-0.3, -0.25) is 0 Å². The summed E-state index contributed by atoms with van der Waals surface area (Å²) in [5.74, 6) is 0.906. The number of ether oxygens (including phenoxy) is 1. The molecule has 1 aliphatic rings. The maximum absolute atomic E-state index is 11.8. The molecule has 0 aromatic carbocycles. The Morgan fingerprint density at radius 1 is 1.30 bits per heavy atom. The van der Waals surface area contributed by atoms with Crippen molar-refractivity contribution >= 4 is 33.2 Å². The maximum Gasteiger partial charge on any atom is 0.357 e. The number of esters is 1. The Bertz CT molecular complexity index is 485. The summed E-state index contributed by atoms with van der Waals surface area (Å²) in [6, 6.07) is 0. The van der Waals surface area contributed by atoms with Gasteiger partial charge in [0.1, 0.15) is 0 Å². The van der Waals surface area contributed by atoms with E-state index in [1.807, 2.05) is 0 Å². The van der Waals surface area contributed by atoms with Gasteiger partial charge in [-0.05, 0) is 58.9 Å². The molecule has 0 N–H and O–H groups in total. The van der Waals surface area contributed by atoms with Crippen LogP contribution in [0.4, 0.5) is 0 Å². The number of aromatic nitrogens is 1. The first-order valence-corrected chi connectivity index (χ1v) is 8.68. The predicted octanol–water partition coefficient (Wildman–Crippen LogP) is 5.01. The van der Waals surface area contributed by atoms with Crippen LogP contribution in [0.2, 0.25) is 0 Å². The zero-order valence-electron chi connectivity index (χ0n) is 12.5. The highest BCUT2D eigenvalue weighted by Gasteiger charge is 2.33. The van der Waals surface area contributed by atoms with E-state index in [9.17, 15) is 4.79 Å². The molecule has 0 amide bonds. The minimum absolute atomic E-state index is 0.320. The van der Waals surface area contributed by atoms with Crippen LogP contribution in [0.1, 0.15) is 67.7 Å². The molecule has 1 fully saturated rings. The fourth-order valence-electron chi connectivity index (χ4n) is 3.05. The van der Waals surface area contributed by atoms with Crippen molar-refractivity contribution in [2.45, 2.75) is 52.4 Å². The number of halogens is 1. The Hall–Kier alpha value is -0.420. The first-order chi connectivity index (χ1) is 9.32. The monoisotopic (exact) mass is 359 g/mol. The molecule has 1 saturated carbocycles. The van der Waals surface area contributed by atoms with E-state index in [0.29, 0.717) is 17.0 Å². The highest BCUT2D eigenvalue weighted by Crippen LogP contribution is 2.45. The van der Waals surface area contributed by atoms with Gasteiger partial charge < -0.3 is 4.74 Å². The molecule has 0 spiro atoms. The molecule has 0 atom stereocenters. The van der Waals surface area contributed by atoms with Gasteiger partial charge in [-0.25, -0.2) is 9.78 Å². The largest absolute Gasteiger partial charge is 0.464 e. The topological polar surface area (TPSA) is 39.2 Å². The molecular weight excluding hydrogens is 338 g/mol. The summed E-state index contributed by atoms with van der Waals surface area (Å²) in [6.07, 6.45) is 4.73. The van der Waals surface area contributed by atoms with Gasteiger partial charge in [0, 0.05) is 4.88 Å². The van der Waals surface area contributed by atoms with E-state index < -0.39 is 0 Å². The van der Waals surface area contributed by atoms with E-state index in [-0.39, 0.29) is 5.97 Å². The van der Waals surface area contributed by atoms with Crippen molar-refractivity contribution in [1.29, 1.82) is 0 Å². The predicted molar refractivity (Wildman–Crippen MR) is 85.3 cm³/mol. The normalized spacial score (nSPS) is 23.6. The molecule has 0 radical (unpaired) electrons. The summed E-state index contributed by atoms with van der Waals surface area (Å²) in [4.78, 5) is 17.2. The second kappa shape index (κ2) is 6.14. The van der Waals surface area contributed by atoms with E-state index in [1.165, 1.54) is 20.0 Å². The molecule has 2 rings (SSSR count). The molecule has 20 heavy (non-hydrogen) atoms. The average molecular weight is 360 g/mol. The summed E-state index contributed by atoms with van der Waals surface area (Å²) in [5.41, 5.74) is 0.883. The Labute approximate surface area is 133 Å². The molecule has 112 valence electrons. The lowest BCUT2D eigenvalue weighted by molar-refractivity contribution is 0.0592. The fourth-order valence-corrected chi connectivity index (χ4v) is 4.69. The third kappa shape index (κ3) is 3.42. The Morgan fingerprint density at radius 2 is 1.90 bits per heavy atom. The molecule has 0 bridgehead atoms. The molecule has 0 saturated heterocycles. The van der Waals surface area contributed by atoms with E-state index in [1.54, 1.807) is 11.3 Å². The van der Waals surface area contributed by atoms with Gasteiger partial charge in [0.15, 0.2) is 9.61 Å². The van der Waals surface area contributed by atoms with Crippen LogP contribution in [0, 0.1) is 11.3 Å². The molecule has 5 heteroatoms. The summed E-state index contributed by atoms with van der Waals surface area (Å²) < 4.78 is 5.61. The zero-order chi connectivity index (χ0) is 14.9. The van der Waals surface area contributed by atoms with Crippen LogP contribution < -0.4 is 0 Å². The minimum Gasteiger partial charge on any atom is -0.464 e. The standard InChI is InChI=1S/C15H22BrNO2S/c1-15(2,3)10-7-5-9(6-8-10)12-11(13(18)19-4)17-14(16)20-12/h9-10H,5-8H2,1-4H3. The van der Waals surface area contributed by atoms with Crippen LogP contribution in [-0.2, 0) is 4.74 Å². The van der Waals surface area contributed by atoms with Crippen molar-refractivity contribution < 1.29 is 9.53 Å². The van der Waals surface area contributed by atoms with Gasteiger partial charge in [0.2, 0.25) is 0 Å². The van der Waals surface area contributed by atoms with Crippen molar-refractivity contribution in [3.63, 3.8) is 0 Å². The third-order valence-electron chi connectivity index (χ3n) is 4.33. The minimum atomic E-state index is -0.320.